The van der Waals surface area contributed by atoms with Crippen LogP contribution in [-0.4, -0.2) is 30.5 Å². The Morgan fingerprint density at radius 1 is 1.07 bits per heavy atom. The zero-order valence-corrected chi connectivity index (χ0v) is 15.7. The van der Waals surface area contributed by atoms with E-state index in [2.05, 4.69) is 17.4 Å². The van der Waals surface area contributed by atoms with Crippen LogP contribution in [0.15, 0.2) is 36.4 Å². The molecule has 1 aliphatic heterocycles. The highest BCUT2D eigenvalue weighted by molar-refractivity contribution is 5.49. The molecule has 27 heavy (non-hydrogen) atoms. The molecule has 0 amide bonds. The molecule has 3 N–H and O–H groups in total. The molecule has 148 valence electrons. The second kappa shape index (κ2) is 9.23. The van der Waals surface area contributed by atoms with E-state index in [9.17, 15) is 5.11 Å². The number of aromatic hydroxyl groups is 1. The van der Waals surface area contributed by atoms with Gasteiger partial charge < -0.3 is 19.9 Å². The molecule has 0 spiro atoms. The smallest absolute Gasteiger partial charge is 0.161 e. The van der Waals surface area contributed by atoms with E-state index in [-0.39, 0.29) is 6.04 Å². The molecule has 3 rings (SSSR count). The van der Waals surface area contributed by atoms with Crippen LogP contribution < -0.4 is 28.8 Å². The van der Waals surface area contributed by atoms with Crippen LogP contribution in [0.1, 0.15) is 22.7 Å². The molecule has 0 saturated carbocycles. The number of benzene rings is 2. The molecule has 1 atom stereocenters. The highest BCUT2D eigenvalue weighted by Crippen LogP contribution is 2.36. The number of fused-ring (bicyclic) bond motifs is 1. The molecule has 8 nitrogen and oxygen atoms in total. The van der Waals surface area contributed by atoms with Crippen molar-refractivity contribution in [1.82, 2.24) is 5.32 Å². The maximum atomic E-state index is 9.40. The zero-order chi connectivity index (χ0) is 20.0. The molecular formula is C18H22ClNO7. The number of rotatable bonds is 4. The molecule has 0 bridgehead atoms. The minimum absolute atomic E-state index is 0.244. The van der Waals surface area contributed by atoms with Gasteiger partial charge in [-0.1, -0.05) is 12.1 Å². The number of hydrogen-bond acceptors (Lipinski definition) is 8. The highest BCUT2D eigenvalue weighted by Gasteiger charge is 2.22. The van der Waals surface area contributed by atoms with Gasteiger partial charge >= 0.3 is 0 Å². The first-order valence-electron chi connectivity index (χ1n) is 8.10. The summed E-state index contributed by atoms with van der Waals surface area (Å²) < 4.78 is 43.5. The molecule has 1 aliphatic rings. The average Bonchev–Trinajstić information content (AvgIpc) is 2.61. The molecule has 0 saturated heterocycles. The minimum atomic E-state index is -4.69. The molecule has 0 aromatic heterocycles. The van der Waals surface area contributed by atoms with Gasteiger partial charge in [-0.25, -0.2) is 0 Å². The Kier molecular flexibility index (Phi) is 7.25. The van der Waals surface area contributed by atoms with Crippen LogP contribution in [0.2, 0.25) is 0 Å². The number of methoxy groups -OCH3 is 2. The first-order chi connectivity index (χ1) is 12.7. The van der Waals surface area contributed by atoms with Gasteiger partial charge in [-0.05, 0) is 60.3 Å². The zero-order valence-electron chi connectivity index (χ0n) is 15.0. The van der Waals surface area contributed by atoms with Crippen molar-refractivity contribution in [2.75, 3.05) is 20.8 Å². The fourth-order valence-electron chi connectivity index (χ4n) is 3.02. The third kappa shape index (κ3) is 6.55. The number of ether oxygens (including phenoxy) is 2. The van der Waals surface area contributed by atoms with Gasteiger partial charge in [0.2, 0.25) is 0 Å². The molecule has 2 aromatic carbocycles. The van der Waals surface area contributed by atoms with Gasteiger partial charge in [-0.2, -0.15) is 14.0 Å². The normalized spacial score (nSPS) is 16.0. The number of hydrogen-bond donors (Lipinski definition) is 3. The van der Waals surface area contributed by atoms with Crippen LogP contribution in [0.4, 0.5) is 0 Å². The Morgan fingerprint density at radius 2 is 1.63 bits per heavy atom. The first kappa shape index (κ1) is 21.2. The summed E-state index contributed by atoms with van der Waals surface area (Å²) in [5, 5.41) is 13.0. The standard InChI is InChI=1S/C18H21NO3.ClHO4/c1-21-17-10-13-7-8-19-16(15(13)11-18(17)22-2)9-12-3-5-14(20)6-4-12;2-1(3,4)5/h3-6,10-11,16,19-20H,7-9H2,1-2H3;(H,2,3,4,5)/t16-;/m0./s1. The van der Waals surface area contributed by atoms with E-state index in [1.165, 1.54) is 16.7 Å². The van der Waals surface area contributed by atoms with Crippen molar-refractivity contribution < 1.29 is 43.5 Å². The molecule has 0 unspecified atom stereocenters. The lowest BCUT2D eigenvalue weighted by molar-refractivity contribution is -1.92. The molecule has 9 heteroatoms. The summed E-state index contributed by atoms with van der Waals surface area (Å²) >= 11 is 0. The van der Waals surface area contributed by atoms with Gasteiger partial charge in [-0.15, -0.1) is 0 Å². The lowest BCUT2D eigenvalue weighted by Crippen LogP contribution is -2.58. The van der Waals surface area contributed by atoms with Crippen molar-refractivity contribution in [3.63, 3.8) is 0 Å². The number of halogens is 1. The van der Waals surface area contributed by atoms with Crippen LogP contribution >= 0.6 is 0 Å². The Labute approximate surface area is 159 Å². The molecule has 0 fully saturated rings. The van der Waals surface area contributed by atoms with Crippen LogP contribution in [0.5, 0.6) is 17.2 Å². The van der Waals surface area contributed by atoms with Gasteiger partial charge in [0.25, 0.3) is 0 Å². The van der Waals surface area contributed by atoms with Crippen molar-refractivity contribution in [3.8, 4) is 17.2 Å². The number of nitrogens with one attached hydrogen (secondary N) is 1. The Hall–Kier alpha value is -2.07. The Balaban J connectivity index is 0.000000465. The van der Waals surface area contributed by atoms with Crippen molar-refractivity contribution in [2.24, 2.45) is 0 Å². The largest absolute Gasteiger partial charge is 0.508 e. The van der Waals surface area contributed by atoms with Crippen molar-refractivity contribution in [2.45, 2.75) is 18.9 Å². The summed E-state index contributed by atoms with van der Waals surface area (Å²) in [4.78, 5) is 0. The monoisotopic (exact) mass is 399 g/mol. The van der Waals surface area contributed by atoms with E-state index in [0.29, 0.717) is 5.75 Å². The van der Waals surface area contributed by atoms with Crippen molar-refractivity contribution in [3.05, 3.63) is 53.1 Å². The Bertz CT molecular complexity index is 741. The average molecular weight is 400 g/mol. The summed E-state index contributed by atoms with van der Waals surface area (Å²) in [6.07, 6.45) is 1.87. The fraction of sp³-hybridized carbons (Fsp3) is 0.333. The van der Waals surface area contributed by atoms with E-state index in [4.69, 9.17) is 28.1 Å². The van der Waals surface area contributed by atoms with E-state index >= 15 is 0 Å². The molecule has 2 aromatic rings. The fourth-order valence-corrected chi connectivity index (χ4v) is 3.02. The van der Waals surface area contributed by atoms with Gasteiger partial charge in [0.1, 0.15) is 5.75 Å². The predicted molar refractivity (Wildman–Crippen MR) is 88.0 cm³/mol. The summed E-state index contributed by atoms with van der Waals surface area (Å²) in [5.74, 6) is 1.85. The van der Waals surface area contributed by atoms with Gasteiger partial charge in [0.05, 0.1) is 29.1 Å². The summed E-state index contributed by atoms with van der Waals surface area (Å²) in [6.45, 7) is 0.950. The Morgan fingerprint density at radius 3 is 2.19 bits per heavy atom. The van der Waals surface area contributed by atoms with Crippen molar-refractivity contribution in [1.29, 1.82) is 0 Å². The maximum Gasteiger partial charge on any atom is 0.161 e. The lowest BCUT2D eigenvalue weighted by Gasteiger charge is -2.28. The topological polar surface area (TPSA) is 140 Å². The highest BCUT2D eigenvalue weighted by atomic mass is 35.7. The second-order valence-electron chi connectivity index (χ2n) is 5.93. The third-order valence-corrected chi connectivity index (χ3v) is 4.18. The van der Waals surface area contributed by atoms with Gasteiger partial charge in [0.15, 0.2) is 11.5 Å². The van der Waals surface area contributed by atoms with E-state index in [0.717, 1.165) is 30.9 Å². The molecule has 0 radical (unpaired) electrons. The number of phenolic OH excluding ortho intramolecular Hbond substituents is 1. The quantitative estimate of drug-likeness (QED) is 0.577. The second-order valence-corrected chi connectivity index (χ2v) is 6.72. The maximum absolute atomic E-state index is 9.40. The van der Waals surface area contributed by atoms with E-state index in [1.807, 2.05) is 12.1 Å². The van der Waals surface area contributed by atoms with Crippen LogP contribution in [-0.2, 0) is 12.8 Å². The molecular weight excluding hydrogens is 378 g/mol. The van der Waals surface area contributed by atoms with Crippen LogP contribution in [0, 0.1) is 10.2 Å². The lowest BCUT2D eigenvalue weighted by atomic mass is 9.90. The number of phenols is 1. The minimum Gasteiger partial charge on any atom is -0.508 e. The van der Waals surface area contributed by atoms with E-state index in [1.54, 1.807) is 26.4 Å². The third-order valence-electron chi connectivity index (χ3n) is 4.18. The van der Waals surface area contributed by atoms with Crippen molar-refractivity contribution >= 4 is 0 Å². The van der Waals surface area contributed by atoms with Crippen LogP contribution in [0.25, 0.3) is 0 Å². The molecule has 1 heterocycles. The van der Waals surface area contributed by atoms with Crippen LogP contribution in [0.3, 0.4) is 0 Å². The van der Waals surface area contributed by atoms with Gasteiger partial charge in [-0.3, -0.25) is 0 Å². The summed E-state index contributed by atoms with van der Waals surface area (Å²) in [5.41, 5.74) is 3.76. The summed E-state index contributed by atoms with van der Waals surface area (Å²) in [7, 11) is -1.37. The SMILES string of the molecule is COc1cc2c(cc1OC)[C@H](Cc1ccc(O)cc1)NCC2.[O-][Cl+3]([O-])([O-])O. The first-order valence-corrected chi connectivity index (χ1v) is 9.37. The predicted octanol–water partition coefficient (Wildman–Crippen LogP) is -1.29. The van der Waals surface area contributed by atoms with E-state index < -0.39 is 10.2 Å². The molecule has 0 aliphatic carbocycles. The van der Waals surface area contributed by atoms with Gasteiger partial charge in [0, 0.05) is 6.04 Å². The summed E-state index contributed by atoms with van der Waals surface area (Å²) in [6, 6.07) is 11.8.